The summed E-state index contributed by atoms with van der Waals surface area (Å²) < 4.78 is 6.14. The first-order chi connectivity index (χ1) is 23.4. The lowest BCUT2D eigenvalue weighted by atomic mass is 9.76. The maximum Gasteiger partial charge on any atom is 0.151 e. The van der Waals surface area contributed by atoms with Crippen molar-refractivity contribution in [3.63, 3.8) is 0 Å². The zero-order valence-electron chi connectivity index (χ0n) is 25.1. The third-order valence-electron chi connectivity index (χ3n) is 8.13. The molecule has 1 aliphatic heterocycles. The maximum absolute atomic E-state index is 10.7. The molecule has 220 valence electrons. The fraction of sp³-hybridized carbons (Fsp3) is 0.0513. The molecule has 0 amide bonds. The number of hydrogen-bond acceptors (Lipinski definition) is 9. The van der Waals surface area contributed by atoms with E-state index in [2.05, 4.69) is 36.4 Å². The van der Waals surface area contributed by atoms with Gasteiger partial charge < -0.3 is 9.64 Å². The summed E-state index contributed by atoms with van der Waals surface area (Å²) in [4.78, 5) is 1.79. The van der Waals surface area contributed by atoms with E-state index in [-0.39, 0.29) is 44.5 Å². The van der Waals surface area contributed by atoms with Crippen molar-refractivity contribution in [1.29, 1.82) is 36.8 Å². The Morgan fingerprint density at radius 2 is 0.958 bits per heavy atom. The molecule has 0 saturated heterocycles. The molecule has 1 aliphatic rings. The second-order valence-corrected chi connectivity index (χ2v) is 10.8. The second kappa shape index (κ2) is 12.3. The normalized spacial score (nSPS) is 11.3. The molecule has 0 N–H and O–H groups in total. The van der Waals surface area contributed by atoms with E-state index in [0.29, 0.717) is 45.3 Å². The Labute approximate surface area is 276 Å². The minimum Gasteiger partial charge on any atom is -0.453 e. The Morgan fingerprint density at radius 1 is 0.521 bits per heavy atom. The quantitative estimate of drug-likeness (QED) is 0.179. The van der Waals surface area contributed by atoms with Crippen LogP contribution in [-0.2, 0) is 0 Å². The third kappa shape index (κ3) is 4.85. The Balaban J connectivity index is 1.73. The summed E-state index contributed by atoms with van der Waals surface area (Å²) in [6.45, 7) is 1.71. The average Bonchev–Trinajstić information content (AvgIpc) is 3.13. The van der Waals surface area contributed by atoms with Crippen LogP contribution in [0.15, 0.2) is 84.9 Å². The Bertz CT molecular complexity index is 2390. The highest BCUT2D eigenvalue weighted by molar-refractivity contribution is 5.90. The van der Waals surface area contributed by atoms with Gasteiger partial charge in [-0.05, 0) is 89.8 Å². The number of benzene rings is 5. The van der Waals surface area contributed by atoms with Gasteiger partial charge in [-0.2, -0.15) is 36.8 Å². The molecule has 6 rings (SSSR count). The summed E-state index contributed by atoms with van der Waals surface area (Å²) in [5.41, 5.74) is 3.65. The lowest BCUT2D eigenvalue weighted by molar-refractivity contribution is 0.477. The zero-order valence-corrected chi connectivity index (χ0v) is 25.1. The highest BCUT2D eigenvalue weighted by atomic mass is 16.5. The largest absolute Gasteiger partial charge is 0.453 e. The third-order valence-corrected chi connectivity index (χ3v) is 8.13. The van der Waals surface area contributed by atoms with E-state index < -0.39 is 5.92 Å². The van der Waals surface area contributed by atoms with Crippen molar-refractivity contribution in [1.82, 2.24) is 0 Å². The predicted octanol–water partition coefficient (Wildman–Crippen LogP) is 7.85. The first-order valence-electron chi connectivity index (χ1n) is 14.4. The van der Waals surface area contributed by atoms with Gasteiger partial charge in [-0.3, -0.25) is 0 Å². The van der Waals surface area contributed by atoms with Crippen LogP contribution < -0.4 is 9.64 Å². The Hall–Kier alpha value is -7.87. The highest BCUT2D eigenvalue weighted by Gasteiger charge is 2.33. The number of aryl methyl sites for hydroxylation is 1. The van der Waals surface area contributed by atoms with E-state index in [9.17, 15) is 36.8 Å². The van der Waals surface area contributed by atoms with E-state index >= 15 is 0 Å². The second-order valence-electron chi connectivity index (χ2n) is 10.8. The van der Waals surface area contributed by atoms with Crippen LogP contribution in [0.1, 0.15) is 67.1 Å². The first-order valence-corrected chi connectivity index (χ1v) is 14.4. The van der Waals surface area contributed by atoms with Gasteiger partial charge in [0.15, 0.2) is 11.5 Å². The molecule has 0 bridgehead atoms. The molecule has 48 heavy (non-hydrogen) atoms. The minimum atomic E-state index is -1.03. The number of nitrogens with zero attached hydrogens (tertiary/aromatic N) is 8. The van der Waals surface area contributed by atoms with Crippen LogP contribution in [0.25, 0.3) is 0 Å². The number of anilines is 3. The standard InChI is InChI=1S/C39H18N8O/c1-23-10-24(16-40)11-27(18-42)36(23)38(37-28(19-43)12-25(17-41)13-29(37)20-44)26-14-30(21-45)39(31(15-26)22-46)47-32-6-2-4-8-34(32)48-35-9-5-3-7-33(35)47/h2-15,38H,1H3. The van der Waals surface area contributed by atoms with Gasteiger partial charge in [0.1, 0.15) is 12.1 Å². The SMILES string of the molecule is Cc1cc(C#N)cc(C#N)c1C(c1cc(C#N)c(N2c3ccccc3Oc3ccccc32)c(C#N)c1)c1c(C#N)cc(C#N)cc1C#N. The van der Waals surface area contributed by atoms with Gasteiger partial charge in [0.25, 0.3) is 0 Å². The molecular weight excluding hydrogens is 596 g/mol. The maximum atomic E-state index is 10.7. The van der Waals surface area contributed by atoms with Crippen molar-refractivity contribution in [2.24, 2.45) is 0 Å². The molecule has 0 fully saturated rings. The summed E-state index contributed by atoms with van der Waals surface area (Å²) in [6, 6.07) is 38.3. The fourth-order valence-electron chi connectivity index (χ4n) is 6.21. The van der Waals surface area contributed by atoms with Gasteiger partial charge >= 0.3 is 0 Å². The number of rotatable bonds is 4. The molecule has 5 aromatic carbocycles. The minimum absolute atomic E-state index is 0.0142. The van der Waals surface area contributed by atoms with Crippen LogP contribution in [0.5, 0.6) is 11.5 Å². The van der Waals surface area contributed by atoms with E-state index in [1.54, 1.807) is 42.2 Å². The number of para-hydroxylation sites is 4. The van der Waals surface area contributed by atoms with Gasteiger partial charge in [-0.1, -0.05) is 24.3 Å². The molecule has 5 aromatic rings. The van der Waals surface area contributed by atoms with Gasteiger partial charge in [0, 0.05) is 5.92 Å². The molecule has 1 atom stereocenters. The van der Waals surface area contributed by atoms with Gasteiger partial charge in [0.05, 0.1) is 86.4 Å². The van der Waals surface area contributed by atoms with Crippen LogP contribution in [0.2, 0.25) is 0 Å². The lowest BCUT2D eigenvalue weighted by Crippen LogP contribution is -2.19. The highest BCUT2D eigenvalue weighted by Crippen LogP contribution is 2.52. The molecule has 0 spiro atoms. The van der Waals surface area contributed by atoms with Crippen molar-refractivity contribution >= 4 is 17.1 Å². The molecule has 1 unspecified atom stereocenters. The molecule has 0 saturated carbocycles. The van der Waals surface area contributed by atoms with Crippen LogP contribution in [0.3, 0.4) is 0 Å². The molecule has 9 nitrogen and oxygen atoms in total. The summed E-state index contributed by atoms with van der Waals surface area (Å²) in [7, 11) is 0. The summed E-state index contributed by atoms with van der Waals surface area (Å²) in [6.07, 6.45) is 0. The molecule has 1 heterocycles. The lowest BCUT2D eigenvalue weighted by Gasteiger charge is -2.34. The van der Waals surface area contributed by atoms with Crippen LogP contribution in [-0.4, -0.2) is 0 Å². The number of nitriles is 7. The molecule has 9 heteroatoms. The van der Waals surface area contributed by atoms with Gasteiger partial charge in [-0.15, -0.1) is 0 Å². The van der Waals surface area contributed by atoms with Crippen LogP contribution in [0.4, 0.5) is 17.1 Å². The molecular formula is C39H18N8O. The zero-order chi connectivity index (χ0) is 33.9. The van der Waals surface area contributed by atoms with Crippen molar-refractivity contribution < 1.29 is 4.74 Å². The number of ether oxygens (including phenoxy) is 1. The predicted molar refractivity (Wildman–Crippen MR) is 173 cm³/mol. The monoisotopic (exact) mass is 614 g/mol. The Kier molecular flexibility index (Phi) is 7.70. The fourth-order valence-corrected chi connectivity index (χ4v) is 6.21. The molecule has 0 aliphatic carbocycles. The van der Waals surface area contributed by atoms with Gasteiger partial charge in [0.2, 0.25) is 0 Å². The van der Waals surface area contributed by atoms with Gasteiger partial charge in [-0.25, -0.2) is 0 Å². The van der Waals surface area contributed by atoms with Crippen molar-refractivity contribution in [3.05, 3.63) is 146 Å². The first kappa shape index (κ1) is 30.2. The van der Waals surface area contributed by atoms with E-state index in [1.165, 1.54) is 18.2 Å². The average molecular weight is 615 g/mol. The Morgan fingerprint density at radius 3 is 1.42 bits per heavy atom. The van der Waals surface area contributed by atoms with E-state index in [1.807, 2.05) is 42.5 Å². The van der Waals surface area contributed by atoms with Crippen LogP contribution in [0, 0.1) is 86.2 Å². The van der Waals surface area contributed by atoms with E-state index in [4.69, 9.17) is 4.74 Å². The van der Waals surface area contributed by atoms with Crippen molar-refractivity contribution in [2.75, 3.05) is 4.90 Å². The molecule has 0 radical (unpaired) electrons. The topological polar surface area (TPSA) is 179 Å². The number of hydrogen-bond donors (Lipinski definition) is 0. The smallest absolute Gasteiger partial charge is 0.151 e. The summed E-state index contributed by atoms with van der Waals surface area (Å²) in [5.74, 6) is 0.0161. The molecule has 0 aromatic heterocycles. The van der Waals surface area contributed by atoms with E-state index in [0.717, 1.165) is 0 Å². The summed E-state index contributed by atoms with van der Waals surface area (Å²) in [5, 5.41) is 71.4. The number of fused-ring (bicyclic) bond motifs is 2. The van der Waals surface area contributed by atoms with Crippen molar-refractivity contribution in [3.8, 4) is 54.0 Å². The van der Waals surface area contributed by atoms with Crippen molar-refractivity contribution in [2.45, 2.75) is 12.8 Å². The summed E-state index contributed by atoms with van der Waals surface area (Å²) >= 11 is 0. The van der Waals surface area contributed by atoms with Crippen LogP contribution >= 0.6 is 0 Å².